The molecule has 5 rings (SSSR count). The molecule has 182 valence electrons. The van der Waals surface area contributed by atoms with E-state index in [9.17, 15) is 0 Å². The standard InChI is InChI=1S/C23H18ClN5O.C2H2O4/c24-20-8-4-7-18(13-20)23(28-12-11-25-16-28)19-9-10-21-22(14-19)29(27-26-21)30-15-17-5-2-1-3-6-17;3-1(4)2(5)6/h1-14,16,23H,15H2;(H,3,4)(H,5,6). The third-order valence-corrected chi connectivity index (χ3v) is 5.36. The number of benzene rings is 3. The maximum Gasteiger partial charge on any atom is 0.414 e. The Morgan fingerprint density at radius 2 is 1.69 bits per heavy atom. The van der Waals surface area contributed by atoms with Crippen LogP contribution < -0.4 is 4.84 Å². The van der Waals surface area contributed by atoms with Gasteiger partial charge in [-0.15, -0.1) is 5.10 Å². The van der Waals surface area contributed by atoms with Crippen LogP contribution in [-0.2, 0) is 16.2 Å². The number of halogens is 1. The molecule has 0 aliphatic rings. The topological polar surface area (TPSA) is 132 Å². The van der Waals surface area contributed by atoms with E-state index in [0.717, 1.165) is 27.7 Å². The maximum atomic E-state index is 9.10. The molecule has 36 heavy (non-hydrogen) atoms. The lowest BCUT2D eigenvalue weighted by Gasteiger charge is -2.20. The summed E-state index contributed by atoms with van der Waals surface area (Å²) in [7, 11) is 0. The van der Waals surface area contributed by atoms with Crippen molar-refractivity contribution in [3.8, 4) is 0 Å². The second kappa shape index (κ2) is 11.2. The molecule has 0 aliphatic carbocycles. The van der Waals surface area contributed by atoms with E-state index in [-0.39, 0.29) is 6.04 Å². The molecule has 3 aromatic carbocycles. The third-order valence-electron chi connectivity index (χ3n) is 5.12. The van der Waals surface area contributed by atoms with Gasteiger partial charge in [-0.3, -0.25) is 0 Å². The molecule has 10 nitrogen and oxygen atoms in total. The summed E-state index contributed by atoms with van der Waals surface area (Å²) in [6.45, 7) is 0.406. The van der Waals surface area contributed by atoms with Crippen LogP contribution in [0.1, 0.15) is 22.7 Å². The lowest BCUT2D eigenvalue weighted by Crippen LogP contribution is -2.14. The lowest BCUT2D eigenvalue weighted by molar-refractivity contribution is -0.159. The van der Waals surface area contributed by atoms with Gasteiger partial charge in [0.1, 0.15) is 17.6 Å². The van der Waals surface area contributed by atoms with Crippen molar-refractivity contribution in [2.45, 2.75) is 12.6 Å². The molecule has 5 aromatic rings. The number of fused-ring (bicyclic) bond motifs is 1. The van der Waals surface area contributed by atoms with Crippen molar-refractivity contribution in [3.05, 3.63) is 113 Å². The second-order valence-electron chi connectivity index (χ2n) is 7.55. The fourth-order valence-corrected chi connectivity index (χ4v) is 3.72. The smallest absolute Gasteiger partial charge is 0.414 e. The van der Waals surface area contributed by atoms with E-state index in [1.165, 1.54) is 4.85 Å². The Kier molecular flexibility index (Phi) is 7.57. The number of nitrogens with zero attached hydrogens (tertiary/aromatic N) is 5. The highest BCUT2D eigenvalue weighted by molar-refractivity contribution is 6.30. The molecule has 1 atom stereocenters. The van der Waals surface area contributed by atoms with E-state index >= 15 is 0 Å². The number of carbonyl (C=O) groups is 2. The third kappa shape index (κ3) is 5.86. The zero-order chi connectivity index (χ0) is 25.5. The predicted octanol–water partition coefficient (Wildman–Crippen LogP) is 3.70. The van der Waals surface area contributed by atoms with Gasteiger partial charge in [0.25, 0.3) is 0 Å². The van der Waals surface area contributed by atoms with Crippen LogP contribution in [0.15, 0.2) is 91.5 Å². The zero-order valence-electron chi connectivity index (χ0n) is 18.7. The van der Waals surface area contributed by atoms with E-state index in [4.69, 9.17) is 36.2 Å². The molecule has 2 N–H and O–H groups in total. The second-order valence-corrected chi connectivity index (χ2v) is 7.98. The Morgan fingerprint density at radius 3 is 2.36 bits per heavy atom. The Hall–Kier alpha value is -4.70. The summed E-state index contributed by atoms with van der Waals surface area (Å²) < 4.78 is 2.05. The van der Waals surface area contributed by atoms with Crippen molar-refractivity contribution in [3.63, 3.8) is 0 Å². The number of hydrogen-bond donors (Lipinski definition) is 2. The highest BCUT2D eigenvalue weighted by Crippen LogP contribution is 2.30. The summed E-state index contributed by atoms with van der Waals surface area (Å²) in [4.78, 5) is 29.8. The highest BCUT2D eigenvalue weighted by Gasteiger charge is 2.18. The first-order valence-corrected chi connectivity index (χ1v) is 11.0. The number of carboxylic acids is 2. The Bertz CT molecular complexity index is 1460. The Balaban J connectivity index is 0.000000455. The average molecular weight is 506 g/mol. The van der Waals surface area contributed by atoms with E-state index in [1.807, 2.05) is 77.5 Å². The molecule has 0 fully saturated rings. The predicted molar refractivity (Wildman–Crippen MR) is 130 cm³/mol. The van der Waals surface area contributed by atoms with Gasteiger partial charge in [0, 0.05) is 17.4 Å². The maximum absolute atomic E-state index is 9.10. The molecule has 0 saturated heterocycles. The number of hydrogen-bond acceptors (Lipinski definition) is 6. The minimum absolute atomic E-state index is 0.0897. The van der Waals surface area contributed by atoms with Gasteiger partial charge in [0.2, 0.25) is 0 Å². The van der Waals surface area contributed by atoms with Crippen LogP contribution in [0.3, 0.4) is 0 Å². The molecule has 0 radical (unpaired) electrons. The van der Waals surface area contributed by atoms with Gasteiger partial charge in [-0.05, 0) is 46.2 Å². The molecule has 0 saturated carbocycles. The van der Waals surface area contributed by atoms with E-state index in [2.05, 4.69) is 21.4 Å². The monoisotopic (exact) mass is 505 g/mol. The van der Waals surface area contributed by atoms with E-state index in [1.54, 1.807) is 12.5 Å². The van der Waals surface area contributed by atoms with Gasteiger partial charge in [-0.2, -0.15) is 0 Å². The molecule has 0 bridgehead atoms. The number of aromatic nitrogens is 5. The van der Waals surface area contributed by atoms with Crippen molar-refractivity contribution in [1.29, 1.82) is 0 Å². The first kappa shape index (κ1) is 24.4. The summed E-state index contributed by atoms with van der Waals surface area (Å²) >= 11 is 6.27. The minimum Gasteiger partial charge on any atom is -0.473 e. The summed E-state index contributed by atoms with van der Waals surface area (Å²) in [5, 5.41) is 23.9. The largest absolute Gasteiger partial charge is 0.473 e. The molecule has 2 heterocycles. The number of carboxylic acid groups (broad SMARTS) is 2. The van der Waals surface area contributed by atoms with Crippen molar-refractivity contribution in [1.82, 2.24) is 24.7 Å². The van der Waals surface area contributed by atoms with Crippen LogP contribution in [0, 0.1) is 0 Å². The SMILES string of the molecule is Clc1cccc(C(c2ccc3nnn(OCc4ccccc4)c3c2)n2ccnc2)c1.O=C(O)C(=O)O. The molecular formula is C25H20ClN5O5. The van der Waals surface area contributed by atoms with Crippen LogP contribution in [0.25, 0.3) is 11.0 Å². The number of imidazole rings is 1. The molecule has 0 spiro atoms. The fraction of sp³-hybridized carbons (Fsp3) is 0.0800. The van der Waals surface area contributed by atoms with Crippen molar-refractivity contribution >= 4 is 34.6 Å². The Labute approximate surface area is 209 Å². The number of aliphatic carboxylic acids is 2. The van der Waals surface area contributed by atoms with Crippen LogP contribution in [-0.4, -0.2) is 46.9 Å². The summed E-state index contributed by atoms with van der Waals surface area (Å²) in [6, 6.07) is 23.8. The van der Waals surface area contributed by atoms with Crippen LogP contribution in [0.2, 0.25) is 5.02 Å². The van der Waals surface area contributed by atoms with Gasteiger partial charge in [-0.1, -0.05) is 65.0 Å². The van der Waals surface area contributed by atoms with E-state index in [0.29, 0.717) is 11.6 Å². The van der Waals surface area contributed by atoms with Gasteiger partial charge in [-0.25, -0.2) is 14.6 Å². The van der Waals surface area contributed by atoms with Crippen LogP contribution in [0.4, 0.5) is 0 Å². The summed E-state index contributed by atoms with van der Waals surface area (Å²) in [6.07, 6.45) is 5.51. The molecule has 0 aliphatic heterocycles. The van der Waals surface area contributed by atoms with Crippen LogP contribution in [0.5, 0.6) is 0 Å². The van der Waals surface area contributed by atoms with Gasteiger partial charge in [0.05, 0.1) is 12.4 Å². The quantitative estimate of drug-likeness (QED) is 0.334. The molecule has 0 amide bonds. The van der Waals surface area contributed by atoms with Gasteiger partial charge < -0.3 is 19.6 Å². The van der Waals surface area contributed by atoms with Crippen molar-refractivity contribution in [2.24, 2.45) is 0 Å². The van der Waals surface area contributed by atoms with Crippen molar-refractivity contribution in [2.75, 3.05) is 0 Å². The lowest BCUT2D eigenvalue weighted by atomic mass is 9.98. The van der Waals surface area contributed by atoms with Gasteiger partial charge >= 0.3 is 11.9 Å². The normalized spacial score (nSPS) is 11.4. The molecule has 11 heteroatoms. The molecule has 1 unspecified atom stereocenters. The van der Waals surface area contributed by atoms with Crippen molar-refractivity contribution < 1.29 is 24.6 Å². The fourth-order valence-electron chi connectivity index (χ4n) is 3.53. The van der Waals surface area contributed by atoms with E-state index < -0.39 is 11.9 Å². The zero-order valence-corrected chi connectivity index (χ0v) is 19.4. The average Bonchev–Trinajstić information content (AvgIpc) is 3.54. The summed E-state index contributed by atoms with van der Waals surface area (Å²) in [5.74, 6) is -3.65. The molecular weight excluding hydrogens is 486 g/mol. The van der Waals surface area contributed by atoms with Gasteiger partial charge in [0.15, 0.2) is 0 Å². The first-order valence-electron chi connectivity index (χ1n) is 10.6. The Morgan fingerprint density at radius 1 is 0.944 bits per heavy atom. The minimum atomic E-state index is -1.82. The number of rotatable bonds is 6. The summed E-state index contributed by atoms with van der Waals surface area (Å²) in [5.41, 5.74) is 4.74. The highest BCUT2D eigenvalue weighted by atomic mass is 35.5. The van der Waals surface area contributed by atoms with Crippen LogP contribution >= 0.6 is 11.6 Å². The first-order chi connectivity index (χ1) is 17.4. The molecule has 2 aromatic heterocycles.